The monoisotopic (exact) mass is 439 g/mol. The van der Waals surface area contributed by atoms with Gasteiger partial charge >= 0.3 is 0 Å². The number of hydrogen-bond donors (Lipinski definition) is 1. The summed E-state index contributed by atoms with van der Waals surface area (Å²) in [7, 11) is 3.95. The zero-order chi connectivity index (χ0) is 23.2. The Balaban J connectivity index is 1.59. The molecule has 2 unspecified atom stereocenters. The molecule has 0 spiro atoms. The number of amides is 2. The molecule has 5 nitrogen and oxygen atoms in total. The van der Waals surface area contributed by atoms with E-state index in [4.69, 9.17) is 0 Å². The molecule has 3 aromatic rings. The van der Waals surface area contributed by atoms with Gasteiger partial charge in [-0.1, -0.05) is 48.6 Å². The summed E-state index contributed by atoms with van der Waals surface area (Å²) in [6.07, 6.45) is 5.08. The summed E-state index contributed by atoms with van der Waals surface area (Å²) in [6, 6.07) is 26.9. The molecular weight excluding hydrogens is 410 g/mol. The van der Waals surface area contributed by atoms with E-state index in [-0.39, 0.29) is 11.8 Å². The van der Waals surface area contributed by atoms with Gasteiger partial charge in [-0.3, -0.25) is 14.5 Å². The fraction of sp³-hybridized carbons (Fsp3) is 0.214. The summed E-state index contributed by atoms with van der Waals surface area (Å²) in [5.74, 6) is -1.08. The molecule has 0 heterocycles. The van der Waals surface area contributed by atoms with Gasteiger partial charge < -0.3 is 10.2 Å². The lowest BCUT2D eigenvalue weighted by molar-refractivity contribution is -0.130. The highest BCUT2D eigenvalue weighted by atomic mass is 16.2. The number of rotatable bonds is 6. The number of anilines is 4. The first kappa shape index (κ1) is 22.3. The molecule has 0 radical (unpaired) electrons. The van der Waals surface area contributed by atoms with E-state index < -0.39 is 11.8 Å². The van der Waals surface area contributed by atoms with Crippen LogP contribution in [-0.2, 0) is 9.59 Å². The van der Waals surface area contributed by atoms with E-state index in [0.29, 0.717) is 12.8 Å². The minimum absolute atomic E-state index is 0.0696. The average Bonchev–Trinajstić information content (AvgIpc) is 2.86. The van der Waals surface area contributed by atoms with Crippen LogP contribution in [-0.4, -0.2) is 25.9 Å². The fourth-order valence-corrected chi connectivity index (χ4v) is 4.18. The standard InChI is InChI=1S/C28H29N3O2/c1-30(2)22-19-17-21(18-20-22)29-27(32)25-15-9-10-16-26(25)28(33)31(23-11-5-3-6-12-23)24-13-7-4-8-14-24/h3-14,17-20,25-26H,15-16H2,1-2H3,(H,29,32). The van der Waals surface area contributed by atoms with Gasteiger partial charge in [0, 0.05) is 36.8 Å². The first-order chi connectivity index (χ1) is 16.0. The third-order valence-corrected chi connectivity index (χ3v) is 5.99. The second kappa shape index (κ2) is 10.2. The number of allylic oxidation sites excluding steroid dienone is 2. The van der Waals surface area contributed by atoms with Crippen molar-refractivity contribution in [3.8, 4) is 0 Å². The van der Waals surface area contributed by atoms with Gasteiger partial charge in [-0.2, -0.15) is 0 Å². The molecular formula is C28H29N3O2. The third-order valence-electron chi connectivity index (χ3n) is 5.99. The molecule has 0 saturated heterocycles. The largest absolute Gasteiger partial charge is 0.378 e. The molecule has 3 aromatic carbocycles. The topological polar surface area (TPSA) is 52.7 Å². The predicted octanol–water partition coefficient (Wildman–Crippen LogP) is 5.64. The summed E-state index contributed by atoms with van der Waals surface area (Å²) in [5.41, 5.74) is 3.38. The van der Waals surface area contributed by atoms with Crippen molar-refractivity contribution in [3.05, 3.63) is 97.1 Å². The van der Waals surface area contributed by atoms with Crippen LogP contribution in [0, 0.1) is 11.8 Å². The minimum atomic E-state index is -0.448. The normalized spacial score (nSPS) is 17.3. The Hall–Kier alpha value is -3.86. The lowest BCUT2D eigenvalue weighted by Crippen LogP contribution is -2.41. The highest BCUT2D eigenvalue weighted by Gasteiger charge is 2.37. The number of nitrogens with zero attached hydrogens (tertiary/aromatic N) is 2. The molecule has 0 fully saturated rings. The highest BCUT2D eigenvalue weighted by molar-refractivity contribution is 6.05. The van der Waals surface area contributed by atoms with Gasteiger partial charge in [-0.25, -0.2) is 0 Å². The van der Waals surface area contributed by atoms with Crippen LogP contribution in [0.25, 0.3) is 0 Å². The van der Waals surface area contributed by atoms with Gasteiger partial charge in [0.05, 0.1) is 11.8 Å². The van der Waals surface area contributed by atoms with Crippen molar-refractivity contribution in [1.29, 1.82) is 0 Å². The van der Waals surface area contributed by atoms with Crippen molar-refractivity contribution in [2.24, 2.45) is 11.8 Å². The molecule has 168 valence electrons. The van der Waals surface area contributed by atoms with Crippen LogP contribution in [0.3, 0.4) is 0 Å². The maximum absolute atomic E-state index is 13.9. The van der Waals surface area contributed by atoms with Crippen molar-refractivity contribution >= 4 is 34.6 Å². The zero-order valence-electron chi connectivity index (χ0n) is 19.0. The maximum Gasteiger partial charge on any atom is 0.235 e. The van der Waals surface area contributed by atoms with Gasteiger partial charge in [-0.05, 0) is 61.4 Å². The van der Waals surface area contributed by atoms with Crippen LogP contribution < -0.4 is 15.1 Å². The van der Waals surface area contributed by atoms with Crippen molar-refractivity contribution in [2.75, 3.05) is 29.2 Å². The van der Waals surface area contributed by atoms with E-state index in [1.807, 2.05) is 116 Å². The van der Waals surface area contributed by atoms with E-state index in [9.17, 15) is 9.59 Å². The van der Waals surface area contributed by atoms with E-state index in [2.05, 4.69) is 5.32 Å². The van der Waals surface area contributed by atoms with Gasteiger partial charge in [0.25, 0.3) is 0 Å². The lowest BCUT2D eigenvalue weighted by atomic mass is 9.81. The van der Waals surface area contributed by atoms with Crippen LogP contribution >= 0.6 is 0 Å². The van der Waals surface area contributed by atoms with Crippen LogP contribution in [0.1, 0.15) is 12.8 Å². The van der Waals surface area contributed by atoms with Crippen LogP contribution in [0.2, 0.25) is 0 Å². The van der Waals surface area contributed by atoms with Gasteiger partial charge in [-0.15, -0.1) is 0 Å². The van der Waals surface area contributed by atoms with E-state index in [1.54, 1.807) is 4.90 Å². The van der Waals surface area contributed by atoms with Crippen molar-refractivity contribution < 1.29 is 9.59 Å². The minimum Gasteiger partial charge on any atom is -0.378 e. The maximum atomic E-state index is 13.9. The predicted molar refractivity (Wildman–Crippen MR) is 135 cm³/mol. The number of hydrogen-bond acceptors (Lipinski definition) is 3. The Morgan fingerprint density at radius 3 is 1.73 bits per heavy atom. The molecule has 0 saturated carbocycles. The van der Waals surface area contributed by atoms with Gasteiger partial charge in [0.1, 0.15) is 0 Å². The quantitative estimate of drug-likeness (QED) is 0.506. The number of para-hydroxylation sites is 2. The Morgan fingerprint density at radius 2 is 1.21 bits per heavy atom. The number of benzene rings is 3. The molecule has 1 N–H and O–H groups in total. The second-order valence-electron chi connectivity index (χ2n) is 8.43. The van der Waals surface area contributed by atoms with Gasteiger partial charge in [0.15, 0.2) is 0 Å². The van der Waals surface area contributed by atoms with E-state index in [1.165, 1.54) is 0 Å². The summed E-state index contributed by atoms with van der Waals surface area (Å²) in [5, 5.41) is 3.02. The molecule has 1 aliphatic carbocycles. The highest BCUT2D eigenvalue weighted by Crippen LogP contribution is 2.34. The number of carbonyl (C=O) groups is 2. The molecule has 33 heavy (non-hydrogen) atoms. The van der Waals surface area contributed by atoms with Crippen molar-refractivity contribution in [2.45, 2.75) is 12.8 Å². The lowest BCUT2D eigenvalue weighted by Gasteiger charge is -2.32. The molecule has 2 atom stereocenters. The molecule has 4 rings (SSSR count). The summed E-state index contributed by atoms with van der Waals surface area (Å²) in [6.45, 7) is 0. The fourth-order valence-electron chi connectivity index (χ4n) is 4.18. The average molecular weight is 440 g/mol. The Kier molecular flexibility index (Phi) is 6.89. The molecule has 2 amide bonds. The number of carbonyl (C=O) groups excluding carboxylic acids is 2. The summed E-state index contributed by atoms with van der Waals surface area (Å²) in [4.78, 5) is 30.9. The number of nitrogens with one attached hydrogen (secondary N) is 1. The summed E-state index contributed by atoms with van der Waals surface area (Å²) < 4.78 is 0. The molecule has 1 aliphatic rings. The SMILES string of the molecule is CN(C)c1ccc(NC(=O)C2CC=CCC2C(=O)N(c2ccccc2)c2ccccc2)cc1. The van der Waals surface area contributed by atoms with Gasteiger partial charge in [0.2, 0.25) is 11.8 Å². The van der Waals surface area contributed by atoms with Crippen LogP contribution in [0.4, 0.5) is 22.7 Å². The molecule has 0 aromatic heterocycles. The molecule has 0 aliphatic heterocycles. The third kappa shape index (κ3) is 5.14. The first-order valence-electron chi connectivity index (χ1n) is 11.2. The van der Waals surface area contributed by atoms with Crippen LogP contribution in [0.5, 0.6) is 0 Å². The Bertz CT molecular complexity index is 1070. The zero-order valence-corrected chi connectivity index (χ0v) is 19.0. The molecule has 5 heteroatoms. The van der Waals surface area contributed by atoms with E-state index >= 15 is 0 Å². The van der Waals surface area contributed by atoms with Crippen molar-refractivity contribution in [3.63, 3.8) is 0 Å². The molecule has 0 bridgehead atoms. The van der Waals surface area contributed by atoms with E-state index in [0.717, 1.165) is 22.7 Å². The Labute approximate surface area is 195 Å². The smallest absolute Gasteiger partial charge is 0.235 e. The van der Waals surface area contributed by atoms with Crippen LogP contribution in [0.15, 0.2) is 97.1 Å². The second-order valence-corrected chi connectivity index (χ2v) is 8.43. The summed E-state index contributed by atoms with van der Waals surface area (Å²) >= 11 is 0. The van der Waals surface area contributed by atoms with Crippen molar-refractivity contribution in [1.82, 2.24) is 0 Å². The Morgan fingerprint density at radius 1 is 0.697 bits per heavy atom. The first-order valence-corrected chi connectivity index (χ1v) is 11.2.